The van der Waals surface area contributed by atoms with Crippen LogP contribution in [0.25, 0.3) is 0 Å². The number of rotatable bonds is 5. The second-order valence-corrected chi connectivity index (χ2v) is 5.61. The Morgan fingerprint density at radius 2 is 2.00 bits per heavy atom. The summed E-state index contributed by atoms with van der Waals surface area (Å²) in [6.45, 7) is 2.59. The molecule has 0 spiro atoms. The Labute approximate surface area is 124 Å². The van der Waals surface area contributed by atoms with E-state index in [1.165, 1.54) is 12.1 Å². The number of aliphatic hydroxyl groups is 1. The van der Waals surface area contributed by atoms with E-state index in [9.17, 15) is 14.3 Å². The minimum Gasteiger partial charge on any atom is -0.466 e. The van der Waals surface area contributed by atoms with Gasteiger partial charge in [-0.15, -0.1) is 0 Å². The first-order valence-corrected chi connectivity index (χ1v) is 7.41. The molecule has 4 nitrogen and oxygen atoms in total. The summed E-state index contributed by atoms with van der Waals surface area (Å²) in [7, 11) is 0. The average molecular weight is 295 g/mol. The normalized spacial score (nSPS) is 25.4. The molecule has 0 aromatic heterocycles. The van der Waals surface area contributed by atoms with Gasteiger partial charge < -0.3 is 15.2 Å². The van der Waals surface area contributed by atoms with Gasteiger partial charge in [0.1, 0.15) is 5.82 Å². The van der Waals surface area contributed by atoms with Crippen LogP contribution in [0.5, 0.6) is 0 Å². The lowest BCUT2D eigenvalue weighted by molar-refractivity contribution is -0.150. The van der Waals surface area contributed by atoms with Crippen LogP contribution in [-0.2, 0) is 9.53 Å². The summed E-state index contributed by atoms with van der Waals surface area (Å²) in [5.41, 5.74) is -0.0467. The van der Waals surface area contributed by atoms with Gasteiger partial charge in [0.2, 0.25) is 0 Å². The maximum atomic E-state index is 12.8. The molecule has 1 aliphatic rings. The van der Waals surface area contributed by atoms with Crippen molar-refractivity contribution in [2.45, 2.75) is 38.2 Å². The van der Waals surface area contributed by atoms with Gasteiger partial charge in [-0.3, -0.25) is 4.79 Å². The van der Waals surface area contributed by atoms with Gasteiger partial charge in [-0.05, 0) is 56.9 Å². The van der Waals surface area contributed by atoms with E-state index in [1.54, 1.807) is 19.1 Å². The molecule has 116 valence electrons. The first kappa shape index (κ1) is 15.8. The highest BCUT2D eigenvalue weighted by Crippen LogP contribution is 2.33. The van der Waals surface area contributed by atoms with E-state index in [-0.39, 0.29) is 17.7 Å². The van der Waals surface area contributed by atoms with Crippen molar-refractivity contribution in [3.05, 3.63) is 30.1 Å². The molecular weight excluding hydrogens is 273 g/mol. The molecule has 1 saturated carbocycles. The van der Waals surface area contributed by atoms with Crippen molar-refractivity contribution in [2.24, 2.45) is 5.92 Å². The number of benzene rings is 1. The summed E-state index contributed by atoms with van der Waals surface area (Å²) in [4.78, 5) is 11.7. The number of anilines is 1. The van der Waals surface area contributed by atoms with Crippen LogP contribution < -0.4 is 5.32 Å². The SMILES string of the molecule is CCOC(=O)C1CCC(O)(CNc2ccc(F)cc2)CC1. The van der Waals surface area contributed by atoms with E-state index < -0.39 is 5.60 Å². The summed E-state index contributed by atoms with van der Waals surface area (Å²) >= 11 is 0. The second-order valence-electron chi connectivity index (χ2n) is 5.61. The summed E-state index contributed by atoms with van der Waals surface area (Å²) in [6.07, 6.45) is 2.40. The predicted molar refractivity (Wildman–Crippen MR) is 78.4 cm³/mol. The number of hydrogen-bond donors (Lipinski definition) is 2. The number of esters is 1. The molecule has 0 unspecified atom stereocenters. The van der Waals surface area contributed by atoms with E-state index in [1.807, 2.05) is 0 Å². The van der Waals surface area contributed by atoms with E-state index in [2.05, 4.69) is 5.32 Å². The average Bonchev–Trinajstić information content (AvgIpc) is 2.48. The second kappa shape index (κ2) is 6.89. The highest BCUT2D eigenvalue weighted by Gasteiger charge is 2.36. The Hall–Kier alpha value is -1.62. The van der Waals surface area contributed by atoms with E-state index in [0.717, 1.165) is 5.69 Å². The van der Waals surface area contributed by atoms with Crippen LogP contribution in [0.15, 0.2) is 24.3 Å². The van der Waals surface area contributed by atoms with Gasteiger partial charge >= 0.3 is 5.97 Å². The van der Waals surface area contributed by atoms with E-state index in [4.69, 9.17) is 4.74 Å². The molecule has 2 N–H and O–H groups in total. The fourth-order valence-corrected chi connectivity index (χ4v) is 2.66. The Morgan fingerprint density at radius 1 is 1.38 bits per heavy atom. The lowest BCUT2D eigenvalue weighted by atomic mass is 9.78. The standard InChI is InChI=1S/C16H22FNO3/c1-2-21-15(19)12-7-9-16(20,10-8-12)11-18-14-5-3-13(17)4-6-14/h3-6,12,18,20H,2,7-11H2,1H3. The first-order valence-electron chi connectivity index (χ1n) is 7.41. The Kier molecular flexibility index (Phi) is 5.17. The number of ether oxygens (including phenoxy) is 1. The zero-order valence-corrected chi connectivity index (χ0v) is 12.3. The van der Waals surface area contributed by atoms with Gasteiger partial charge in [0.25, 0.3) is 0 Å². The Balaban J connectivity index is 1.82. The fraction of sp³-hybridized carbons (Fsp3) is 0.562. The van der Waals surface area contributed by atoms with Crippen molar-refractivity contribution in [2.75, 3.05) is 18.5 Å². The van der Waals surface area contributed by atoms with Crippen molar-refractivity contribution in [1.82, 2.24) is 0 Å². The Bertz CT molecular complexity index is 467. The Morgan fingerprint density at radius 3 is 2.57 bits per heavy atom. The molecule has 0 saturated heterocycles. The maximum absolute atomic E-state index is 12.8. The molecule has 0 aliphatic heterocycles. The molecule has 0 radical (unpaired) electrons. The fourth-order valence-electron chi connectivity index (χ4n) is 2.66. The van der Waals surface area contributed by atoms with E-state index in [0.29, 0.717) is 38.8 Å². The summed E-state index contributed by atoms with van der Waals surface area (Å²) in [5.74, 6) is -0.545. The molecule has 1 aliphatic carbocycles. The zero-order valence-electron chi connectivity index (χ0n) is 12.3. The van der Waals surface area contributed by atoms with Gasteiger partial charge in [-0.25, -0.2) is 4.39 Å². The van der Waals surface area contributed by atoms with Gasteiger partial charge in [0.15, 0.2) is 0 Å². The van der Waals surface area contributed by atoms with Crippen LogP contribution >= 0.6 is 0 Å². The smallest absolute Gasteiger partial charge is 0.308 e. The molecule has 1 aromatic carbocycles. The maximum Gasteiger partial charge on any atom is 0.308 e. The highest BCUT2D eigenvalue weighted by atomic mass is 19.1. The summed E-state index contributed by atoms with van der Waals surface area (Å²) < 4.78 is 17.8. The minimum atomic E-state index is -0.822. The lowest BCUT2D eigenvalue weighted by Gasteiger charge is -2.35. The summed E-state index contributed by atoms with van der Waals surface area (Å²) in [6, 6.07) is 6.04. The molecule has 1 fully saturated rings. The van der Waals surface area contributed by atoms with Crippen molar-refractivity contribution in [3.8, 4) is 0 Å². The minimum absolute atomic E-state index is 0.101. The highest BCUT2D eigenvalue weighted by molar-refractivity contribution is 5.72. The number of carbonyl (C=O) groups excluding carboxylic acids is 1. The zero-order chi connectivity index (χ0) is 15.3. The molecule has 21 heavy (non-hydrogen) atoms. The van der Waals surface area contributed by atoms with Crippen LogP contribution in [-0.4, -0.2) is 29.8 Å². The molecule has 1 aromatic rings. The number of carbonyl (C=O) groups is 1. The third-order valence-corrected chi connectivity index (χ3v) is 4.00. The number of hydrogen-bond acceptors (Lipinski definition) is 4. The molecule has 0 atom stereocenters. The van der Waals surface area contributed by atoms with Gasteiger partial charge in [0.05, 0.1) is 18.1 Å². The molecular formula is C16H22FNO3. The van der Waals surface area contributed by atoms with Crippen molar-refractivity contribution < 1.29 is 19.0 Å². The van der Waals surface area contributed by atoms with E-state index >= 15 is 0 Å². The topological polar surface area (TPSA) is 58.6 Å². The quantitative estimate of drug-likeness (QED) is 0.820. The third kappa shape index (κ3) is 4.43. The van der Waals surface area contributed by atoms with Crippen LogP contribution in [0.1, 0.15) is 32.6 Å². The van der Waals surface area contributed by atoms with Gasteiger partial charge in [-0.2, -0.15) is 0 Å². The molecule has 0 bridgehead atoms. The van der Waals surface area contributed by atoms with Crippen molar-refractivity contribution in [3.63, 3.8) is 0 Å². The van der Waals surface area contributed by atoms with Crippen molar-refractivity contribution >= 4 is 11.7 Å². The predicted octanol–water partition coefficient (Wildman–Crippen LogP) is 2.72. The van der Waals surface area contributed by atoms with Crippen molar-refractivity contribution in [1.29, 1.82) is 0 Å². The molecule has 0 amide bonds. The number of halogens is 1. The lowest BCUT2D eigenvalue weighted by Crippen LogP contribution is -2.42. The largest absolute Gasteiger partial charge is 0.466 e. The molecule has 5 heteroatoms. The summed E-state index contributed by atoms with van der Waals surface area (Å²) in [5, 5.41) is 13.6. The monoisotopic (exact) mass is 295 g/mol. The molecule has 2 rings (SSSR count). The van der Waals surface area contributed by atoms with Crippen LogP contribution in [0.2, 0.25) is 0 Å². The molecule has 0 heterocycles. The first-order chi connectivity index (χ1) is 10.0. The third-order valence-electron chi connectivity index (χ3n) is 4.00. The van der Waals surface area contributed by atoms with Crippen LogP contribution in [0.3, 0.4) is 0 Å². The van der Waals surface area contributed by atoms with Crippen LogP contribution in [0, 0.1) is 11.7 Å². The number of nitrogens with one attached hydrogen (secondary N) is 1. The van der Waals surface area contributed by atoms with Gasteiger partial charge in [0, 0.05) is 12.2 Å². The van der Waals surface area contributed by atoms with Crippen LogP contribution in [0.4, 0.5) is 10.1 Å². The van der Waals surface area contributed by atoms with Gasteiger partial charge in [-0.1, -0.05) is 0 Å².